The Balaban J connectivity index is 1.88. The molecule has 1 aliphatic rings. The monoisotopic (exact) mass is 283 g/mol. The van der Waals surface area contributed by atoms with E-state index in [1.54, 1.807) is 0 Å². The Kier molecular flexibility index (Phi) is 4.02. The highest BCUT2D eigenvalue weighted by Gasteiger charge is 2.14. The zero-order valence-corrected chi connectivity index (χ0v) is 13.3. The van der Waals surface area contributed by atoms with Crippen LogP contribution in [0.15, 0.2) is 42.7 Å². The first-order valence-corrected chi connectivity index (χ1v) is 7.75. The maximum absolute atomic E-state index is 2.38. The van der Waals surface area contributed by atoms with Crippen LogP contribution in [0.25, 0.3) is 10.9 Å². The molecule has 3 nitrogen and oxygen atoms in total. The van der Waals surface area contributed by atoms with E-state index in [-0.39, 0.29) is 0 Å². The average molecular weight is 283 g/mol. The summed E-state index contributed by atoms with van der Waals surface area (Å²) in [6, 6.07) is 9.16. The van der Waals surface area contributed by atoms with Crippen molar-refractivity contribution in [1.82, 2.24) is 14.4 Å². The van der Waals surface area contributed by atoms with Gasteiger partial charge in [-0.3, -0.25) is 0 Å². The van der Waals surface area contributed by atoms with Crippen molar-refractivity contribution in [2.24, 2.45) is 0 Å². The molecule has 1 unspecified atom stereocenters. The summed E-state index contributed by atoms with van der Waals surface area (Å²) in [7, 11) is 6.39. The molecule has 1 atom stereocenters. The van der Waals surface area contributed by atoms with E-state index in [9.17, 15) is 0 Å². The van der Waals surface area contributed by atoms with E-state index < -0.39 is 0 Å². The largest absolute Gasteiger partial charge is 0.381 e. The van der Waals surface area contributed by atoms with Gasteiger partial charge in [0, 0.05) is 44.3 Å². The molecule has 0 bridgehead atoms. The molecule has 2 heterocycles. The Labute approximate surface area is 127 Å². The normalized spacial score (nSPS) is 18.9. The van der Waals surface area contributed by atoms with Crippen molar-refractivity contribution < 1.29 is 0 Å². The summed E-state index contributed by atoms with van der Waals surface area (Å²) in [4.78, 5) is 4.49. The number of likely N-dealkylation sites (N-methyl/N-ethyl adjacent to an activating group) is 1. The predicted octanol–water partition coefficient (Wildman–Crippen LogP) is 3.14. The highest BCUT2D eigenvalue weighted by molar-refractivity contribution is 5.81. The fraction of sp³-hybridized carbons (Fsp3) is 0.444. The van der Waals surface area contributed by atoms with Crippen LogP contribution in [0.3, 0.4) is 0 Å². The molecule has 0 fully saturated rings. The summed E-state index contributed by atoms with van der Waals surface area (Å²) in [5, 5.41) is 1.34. The first-order chi connectivity index (χ1) is 10.1. The van der Waals surface area contributed by atoms with Crippen molar-refractivity contribution in [1.29, 1.82) is 0 Å². The summed E-state index contributed by atoms with van der Waals surface area (Å²) in [6.45, 7) is 3.26. The number of allylic oxidation sites excluding steroid dienone is 1. The molecule has 21 heavy (non-hydrogen) atoms. The van der Waals surface area contributed by atoms with Gasteiger partial charge in [0.15, 0.2) is 0 Å². The van der Waals surface area contributed by atoms with Crippen LogP contribution in [0.4, 0.5) is 0 Å². The summed E-state index contributed by atoms with van der Waals surface area (Å²) in [6.07, 6.45) is 7.96. The van der Waals surface area contributed by atoms with Crippen LogP contribution in [0.5, 0.6) is 0 Å². The van der Waals surface area contributed by atoms with Gasteiger partial charge in [-0.2, -0.15) is 0 Å². The molecular formula is C18H25N3. The van der Waals surface area contributed by atoms with Gasteiger partial charge in [0.2, 0.25) is 0 Å². The minimum Gasteiger partial charge on any atom is -0.381 e. The fourth-order valence-corrected chi connectivity index (χ4v) is 2.98. The van der Waals surface area contributed by atoms with Gasteiger partial charge >= 0.3 is 0 Å². The molecule has 1 aromatic carbocycles. The molecule has 3 heteroatoms. The molecule has 1 aromatic heterocycles. The number of hydrogen-bond acceptors (Lipinski definition) is 2. The summed E-state index contributed by atoms with van der Waals surface area (Å²) < 4.78 is 2.37. The summed E-state index contributed by atoms with van der Waals surface area (Å²) >= 11 is 0. The molecule has 2 aromatic rings. The van der Waals surface area contributed by atoms with Crippen molar-refractivity contribution in [3.63, 3.8) is 0 Å². The molecule has 0 aliphatic carbocycles. The van der Waals surface area contributed by atoms with Crippen LogP contribution in [-0.4, -0.2) is 48.6 Å². The average Bonchev–Trinajstić information content (AvgIpc) is 2.88. The van der Waals surface area contributed by atoms with Crippen LogP contribution in [-0.2, 0) is 6.54 Å². The smallest absolute Gasteiger partial charge is 0.0483 e. The summed E-state index contributed by atoms with van der Waals surface area (Å²) in [5.41, 5.74) is 2.80. The lowest BCUT2D eigenvalue weighted by Crippen LogP contribution is -2.19. The molecule has 1 aliphatic heterocycles. The first kappa shape index (κ1) is 14.2. The quantitative estimate of drug-likeness (QED) is 0.854. The van der Waals surface area contributed by atoms with Crippen LogP contribution in [0.1, 0.15) is 17.9 Å². The van der Waals surface area contributed by atoms with Crippen LogP contribution in [0.2, 0.25) is 0 Å². The van der Waals surface area contributed by atoms with Gasteiger partial charge < -0.3 is 14.4 Å². The minimum absolute atomic E-state index is 0.558. The molecule has 3 rings (SSSR count). The third kappa shape index (κ3) is 3.13. The van der Waals surface area contributed by atoms with E-state index in [1.807, 2.05) is 0 Å². The second-order valence-corrected chi connectivity index (χ2v) is 6.35. The molecule has 0 spiro atoms. The summed E-state index contributed by atoms with van der Waals surface area (Å²) in [5.74, 6) is 0.558. The molecule has 112 valence electrons. The zero-order valence-electron chi connectivity index (χ0n) is 13.3. The SMILES string of the molecule is CN(C)CCn1ccc2ccc(C3C=CN(C)CC3)cc21. The molecule has 0 saturated carbocycles. The van der Waals surface area contributed by atoms with Crippen LogP contribution >= 0.6 is 0 Å². The van der Waals surface area contributed by atoms with Gasteiger partial charge in [0.25, 0.3) is 0 Å². The highest BCUT2D eigenvalue weighted by atomic mass is 15.1. The van der Waals surface area contributed by atoms with E-state index >= 15 is 0 Å². The Morgan fingerprint density at radius 3 is 2.81 bits per heavy atom. The number of rotatable bonds is 4. The Morgan fingerprint density at radius 1 is 1.24 bits per heavy atom. The van der Waals surface area contributed by atoms with Gasteiger partial charge in [-0.1, -0.05) is 18.2 Å². The van der Waals surface area contributed by atoms with Gasteiger partial charge in [-0.25, -0.2) is 0 Å². The Hall–Kier alpha value is -1.74. The molecule has 0 amide bonds. The predicted molar refractivity (Wildman–Crippen MR) is 89.6 cm³/mol. The number of benzene rings is 1. The Bertz CT molecular complexity index is 639. The van der Waals surface area contributed by atoms with Gasteiger partial charge in [-0.05, 0) is 49.8 Å². The zero-order chi connectivity index (χ0) is 14.8. The second-order valence-electron chi connectivity index (χ2n) is 6.35. The second kappa shape index (κ2) is 5.94. The van der Waals surface area contributed by atoms with Crippen LogP contribution in [0, 0.1) is 0 Å². The third-order valence-electron chi connectivity index (χ3n) is 4.38. The van der Waals surface area contributed by atoms with E-state index in [2.05, 4.69) is 78.2 Å². The lowest BCUT2D eigenvalue weighted by atomic mass is 9.93. The van der Waals surface area contributed by atoms with Crippen molar-refractivity contribution in [3.8, 4) is 0 Å². The van der Waals surface area contributed by atoms with E-state index in [0.29, 0.717) is 5.92 Å². The number of nitrogens with zero attached hydrogens (tertiary/aromatic N) is 3. The molecule has 0 saturated heterocycles. The topological polar surface area (TPSA) is 11.4 Å². The maximum Gasteiger partial charge on any atom is 0.0483 e. The first-order valence-electron chi connectivity index (χ1n) is 7.75. The fourth-order valence-electron chi connectivity index (χ4n) is 2.98. The minimum atomic E-state index is 0.558. The number of aromatic nitrogens is 1. The molecule has 0 N–H and O–H groups in total. The van der Waals surface area contributed by atoms with Crippen molar-refractivity contribution in [2.45, 2.75) is 18.9 Å². The number of fused-ring (bicyclic) bond motifs is 1. The standard InChI is InChI=1S/C18H25N3/c1-19(2)12-13-21-11-8-16-4-5-17(14-18(16)21)15-6-9-20(3)10-7-15/h4-6,8-9,11,14-15H,7,10,12-13H2,1-3H3. The van der Waals surface area contributed by atoms with E-state index in [1.165, 1.54) is 22.9 Å². The van der Waals surface area contributed by atoms with Crippen molar-refractivity contribution in [3.05, 3.63) is 48.3 Å². The molecular weight excluding hydrogens is 258 g/mol. The van der Waals surface area contributed by atoms with Crippen molar-refractivity contribution >= 4 is 10.9 Å². The maximum atomic E-state index is 2.38. The van der Waals surface area contributed by atoms with E-state index in [4.69, 9.17) is 0 Å². The van der Waals surface area contributed by atoms with Crippen molar-refractivity contribution in [2.75, 3.05) is 34.2 Å². The van der Waals surface area contributed by atoms with E-state index in [0.717, 1.165) is 19.6 Å². The lowest BCUT2D eigenvalue weighted by Gasteiger charge is -2.24. The van der Waals surface area contributed by atoms with Gasteiger partial charge in [0.1, 0.15) is 0 Å². The lowest BCUT2D eigenvalue weighted by molar-refractivity contribution is 0.387. The number of hydrogen-bond donors (Lipinski definition) is 0. The third-order valence-corrected chi connectivity index (χ3v) is 4.38. The van der Waals surface area contributed by atoms with Crippen LogP contribution < -0.4 is 0 Å². The van der Waals surface area contributed by atoms with Gasteiger partial charge in [-0.15, -0.1) is 0 Å². The molecule has 0 radical (unpaired) electrons. The Morgan fingerprint density at radius 2 is 2.10 bits per heavy atom. The van der Waals surface area contributed by atoms with Gasteiger partial charge in [0.05, 0.1) is 0 Å². The highest BCUT2D eigenvalue weighted by Crippen LogP contribution is 2.28.